The summed E-state index contributed by atoms with van der Waals surface area (Å²) in [7, 11) is 0. The highest BCUT2D eigenvalue weighted by molar-refractivity contribution is 5.92. The Labute approximate surface area is 239 Å². The summed E-state index contributed by atoms with van der Waals surface area (Å²) in [6.07, 6.45) is 17.1. The summed E-state index contributed by atoms with van der Waals surface area (Å²) in [6.45, 7) is 8.78. The van der Waals surface area contributed by atoms with Crippen molar-refractivity contribution in [1.82, 2.24) is 20.2 Å². The second-order valence-electron chi connectivity index (χ2n) is 14.3. The summed E-state index contributed by atoms with van der Waals surface area (Å²) >= 11 is 0. The number of amides is 2. The Hall–Kier alpha value is -2.28. The number of aliphatic hydroxyl groups excluding tert-OH is 1. The van der Waals surface area contributed by atoms with Gasteiger partial charge < -0.3 is 15.3 Å². The average Bonchev–Trinajstić information content (AvgIpc) is 3.56. The number of nitrogens with one attached hydrogen (secondary N) is 1. The molecule has 218 valence electrons. The number of fused-ring (bicyclic) bond motifs is 5. The van der Waals surface area contributed by atoms with Gasteiger partial charge in [-0.2, -0.15) is 0 Å². The summed E-state index contributed by atoms with van der Waals surface area (Å²) in [6, 6.07) is 1.59. The van der Waals surface area contributed by atoms with E-state index in [-0.39, 0.29) is 24.0 Å². The van der Waals surface area contributed by atoms with Crippen molar-refractivity contribution in [1.29, 1.82) is 0 Å². The van der Waals surface area contributed by atoms with Gasteiger partial charge in [0.2, 0.25) is 5.91 Å². The molecule has 9 atom stereocenters. The summed E-state index contributed by atoms with van der Waals surface area (Å²) in [5, 5.41) is 13.3. The highest BCUT2D eigenvalue weighted by Crippen LogP contribution is 2.67. The fourth-order valence-electron chi connectivity index (χ4n) is 10.1. The number of likely N-dealkylation sites (tertiary alicyclic amines) is 1. The first kappa shape index (κ1) is 27.9. The van der Waals surface area contributed by atoms with E-state index in [4.69, 9.17) is 0 Å². The molecular weight excluding hydrogens is 500 g/mol. The molecule has 2 amide bonds. The quantitative estimate of drug-likeness (QED) is 0.479. The number of nitrogens with zero attached hydrogens (tertiary/aromatic N) is 3. The van der Waals surface area contributed by atoms with Crippen LogP contribution in [0.4, 0.5) is 0 Å². The van der Waals surface area contributed by atoms with Crippen molar-refractivity contribution >= 4 is 11.8 Å². The minimum absolute atomic E-state index is 0.0205. The number of rotatable bonds is 6. The Morgan fingerprint density at radius 1 is 1.15 bits per heavy atom. The molecule has 0 radical (unpaired) electrons. The molecule has 4 fully saturated rings. The van der Waals surface area contributed by atoms with Crippen LogP contribution in [0, 0.1) is 40.4 Å². The van der Waals surface area contributed by atoms with E-state index in [1.807, 2.05) is 4.90 Å². The van der Waals surface area contributed by atoms with Gasteiger partial charge >= 0.3 is 0 Å². The molecule has 0 bridgehead atoms. The molecule has 1 aliphatic heterocycles. The third-order valence-corrected chi connectivity index (χ3v) is 12.3. The fourth-order valence-corrected chi connectivity index (χ4v) is 10.1. The minimum Gasteiger partial charge on any atom is -0.393 e. The molecule has 6 rings (SSSR count). The van der Waals surface area contributed by atoms with E-state index in [1.54, 1.807) is 17.8 Å². The van der Waals surface area contributed by atoms with Gasteiger partial charge in [-0.25, -0.2) is 9.97 Å². The second kappa shape index (κ2) is 10.8. The van der Waals surface area contributed by atoms with Crippen molar-refractivity contribution in [2.45, 2.75) is 104 Å². The Bertz CT molecular complexity index is 1140. The van der Waals surface area contributed by atoms with E-state index >= 15 is 0 Å². The molecule has 7 nitrogen and oxygen atoms in total. The number of hydrogen-bond donors (Lipinski definition) is 2. The smallest absolute Gasteiger partial charge is 0.270 e. The summed E-state index contributed by atoms with van der Waals surface area (Å²) in [4.78, 5) is 35.5. The van der Waals surface area contributed by atoms with Gasteiger partial charge in [0, 0.05) is 31.7 Å². The summed E-state index contributed by atoms with van der Waals surface area (Å²) < 4.78 is 0. The molecule has 2 unspecified atom stereocenters. The summed E-state index contributed by atoms with van der Waals surface area (Å²) in [5.74, 6) is 3.60. The highest BCUT2D eigenvalue weighted by Gasteiger charge is 2.59. The van der Waals surface area contributed by atoms with Crippen LogP contribution in [0.15, 0.2) is 30.2 Å². The number of aromatic nitrogens is 2. The third-order valence-electron chi connectivity index (χ3n) is 12.3. The van der Waals surface area contributed by atoms with Crippen molar-refractivity contribution in [2.24, 2.45) is 40.4 Å². The molecule has 2 N–H and O–H groups in total. The van der Waals surface area contributed by atoms with Crippen LogP contribution < -0.4 is 5.32 Å². The monoisotopic (exact) mass is 548 g/mol. The standard InChI is InChI=1S/C33H48N4O3/c1-21(4-9-30(39)37-17-13-23(19-37)36-31(40)29-12-16-34-20-35-29)26-7-8-27-25-6-5-22-18-24(38)10-14-32(22,2)28(25)11-15-33(26,27)3/h5,12,16,20-21,23-28,38H,4,6-11,13-15,17-19H2,1-3H3,(H,36,40)/t21?,23?,24-,25-,26+,27-,28-,32-,33+/m0/s1. The maximum absolute atomic E-state index is 13.2. The Kier molecular flexibility index (Phi) is 7.56. The summed E-state index contributed by atoms with van der Waals surface area (Å²) in [5.41, 5.74) is 2.59. The zero-order chi connectivity index (χ0) is 28.1. The third kappa shape index (κ3) is 4.90. The van der Waals surface area contributed by atoms with E-state index in [1.165, 1.54) is 38.4 Å². The van der Waals surface area contributed by atoms with Gasteiger partial charge in [-0.15, -0.1) is 0 Å². The van der Waals surface area contributed by atoms with Crippen molar-refractivity contribution in [3.63, 3.8) is 0 Å². The molecule has 1 aromatic rings. The van der Waals surface area contributed by atoms with Crippen LogP contribution in [0.5, 0.6) is 0 Å². The molecule has 3 saturated carbocycles. The molecule has 5 aliphatic rings. The van der Waals surface area contributed by atoms with Crippen molar-refractivity contribution in [3.05, 3.63) is 35.9 Å². The predicted molar refractivity (Wildman–Crippen MR) is 154 cm³/mol. The van der Waals surface area contributed by atoms with Gasteiger partial charge in [0.25, 0.3) is 5.91 Å². The van der Waals surface area contributed by atoms with Gasteiger partial charge in [-0.1, -0.05) is 32.4 Å². The predicted octanol–water partition coefficient (Wildman–Crippen LogP) is 5.16. The van der Waals surface area contributed by atoms with Crippen molar-refractivity contribution in [3.8, 4) is 0 Å². The first-order valence-corrected chi connectivity index (χ1v) is 15.9. The van der Waals surface area contributed by atoms with Crippen LogP contribution in [-0.4, -0.2) is 57.0 Å². The van der Waals surface area contributed by atoms with Crippen LogP contribution in [0.2, 0.25) is 0 Å². The van der Waals surface area contributed by atoms with Crippen molar-refractivity contribution < 1.29 is 14.7 Å². The zero-order valence-electron chi connectivity index (χ0n) is 24.6. The molecule has 1 aromatic heterocycles. The molecule has 0 aromatic carbocycles. The lowest BCUT2D eigenvalue weighted by molar-refractivity contribution is -0.130. The minimum atomic E-state index is -0.200. The van der Waals surface area contributed by atoms with E-state index in [0.29, 0.717) is 47.9 Å². The Morgan fingerprint density at radius 3 is 2.80 bits per heavy atom. The number of hydrogen-bond acceptors (Lipinski definition) is 5. The normalized spacial score (nSPS) is 39.5. The topological polar surface area (TPSA) is 95.4 Å². The van der Waals surface area contributed by atoms with E-state index < -0.39 is 0 Å². The lowest BCUT2D eigenvalue weighted by Gasteiger charge is -2.58. The largest absolute Gasteiger partial charge is 0.393 e. The zero-order valence-corrected chi connectivity index (χ0v) is 24.6. The van der Waals surface area contributed by atoms with E-state index in [2.05, 4.69) is 42.1 Å². The molecular formula is C33H48N4O3. The van der Waals surface area contributed by atoms with E-state index in [9.17, 15) is 14.7 Å². The van der Waals surface area contributed by atoms with Crippen LogP contribution in [-0.2, 0) is 4.79 Å². The highest BCUT2D eigenvalue weighted by atomic mass is 16.3. The first-order valence-electron chi connectivity index (χ1n) is 15.9. The van der Waals surface area contributed by atoms with Gasteiger partial charge in [-0.3, -0.25) is 9.59 Å². The Balaban J connectivity index is 1.02. The van der Waals surface area contributed by atoms with Gasteiger partial charge in [0.05, 0.1) is 6.10 Å². The van der Waals surface area contributed by atoms with Gasteiger partial charge in [-0.05, 0) is 111 Å². The van der Waals surface area contributed by atoms with Crippen LogP contribution >= 0.6 is 0 Å². The number of carbonyl (C=O) groups is 2. The van der Waals surface area contributed by atoms with Crippen LogP contribution in [0.3, 0.4) is 0 Å². The SMILES string of the molecule is CC(CCC(=O)N1CCC(NC(=O)c2ccncn2)C1)[C@H]1CC[C@H]2[C@@H]3CC=C4C[C@@H](O)CC[C@]4(C)[C@H]3CC[C@]12C. The van der Waals surface area contributed by atoms with Crippen LogP contribution in [0.1, 0.15) is 102 Å². The van der Waals surface area contributed by atoms with Gasteiger partial charge in [0.1, 0.15) is 12.0 Å². The van der Waals surface area contributed by atoms with Gasteiger partial charge in [0.15, 0.2) is 0 Å². The maximum atomic E-state index is 13.2. The van der Waals surface area contributed by atoms with Crippen molar-refractivity contribution in [2.75, 3.05) is 13.1 Å². The molecule has 40 heavy (non-hydrogen) atoms. The number of aliphatic hydroxyl groups is 1. The molecule has 4 aliphatic carbocycles. The second-order valence-corrected chi connectivity index (χ2v) is 14.3. The number of allylic oxidation sites excluding steroid dienone is 1. The lowest BCUT2D eigenvalue weighted by Crippen LogP contribution is -2.50. The number of carbonyl (C=O) groups excluding carboxylic acids is 2. The molecule has 0 spiro atoms. The Morgan fingerprint density at radius 2 is 2.00 bits per heavy atom. The fraction of sp³-hybridized carbons (Fsp3) is 0.758. The maximum Gasteiger partial charge on any atom is 0.270 e. The molecule has 2 heterocycles. The average molecular weight is 549 g/mol. The lowest BCUT2D eigenvalue weighted by atomic mass is 9.47. The molecule has 1 saturated heterocycles. The first-order chi connectivity index (χ1) is 19.2. The van der Waals surface area contributed by atoms with Crippen LogP contribution in [0.25, 0.3) is 0 Å². The molecule has 7 heteroatoms. The van der Waals surface area contributed by atoms with E-state index in [0.717, 1.165) is 49.9 Å².